The molecular formula is C15H21N5O. The molecule has 1 amide bonds. The first-order valence-corrected chi connectivity index (χ1v) is 6.91. The van der Waals surface area contributed by atoms with Crippen LogP contribution in [0.15, 0.2) is 36.9 Å². The number of hydrogen-bond acceptors (Lipinski definition) is 4. The minimum atomic E-state index is -0.360. The molecule has 0 aliphatic carbocycles. The Kier molecular flexibility index (Phi) is 5.05. The van der Waals surface area contributed by atoms with Gasteiger partial charge in [-0.3, -0.25) is 14.5 Å². The quantitative estimate of drug-likeness (QED) is 0.852. The number of nitrogens with one attached hydrogen (secondary N) is 1. The van der Waals surface area contributed by atoms with Crippen molar-refractivity contribution in [2.45, 2.75) is 12.5 Å². The van der Waals surface area contributed by atoms with Crippen LogP contribution in [-0.2, 0) is 18.3 Å². The molecule has 0 aliphatic rings. The molecule has 2 aromatic rings. The van der Waals surface area contributed by atoms with Crippen LogP contribution in [0.3, 0.4) is 0 Å². The summed E-state index contributed by atoms with van der Waals surface area (Å²) in [4.78, 5) is 18.3. The number of likely N-dealkylation sites (N-methyl/N-ethyl adjacent to an activating group) is 2. The first-order valence-electron chi connectivity index (χ1n) is 6.91. The summed E-state index contributed by atoms with van der Waals surface area (Å²) in [6.45, 7) is 0.668. The maximum Gasteiger partial charge on any atom is 0.244 e. The Morgan fingerprint density at radius 3 is 2.71 bits per heavy atom. The molecule has 1 N–H and O–H groups in total. The molecule has 0 spiro atoms. The Morgan fingerprint density at radius 2 is 2.14 bits per heavy atom. The number of hydrogen-bond donors (Lipinski definition) is 1. The van der Waals surface area contributed by atoms with Gasteiger partial charge in [0.15, 0.2) is 0 Å². The van der Waals surface area contributed by atoms with Crippen molar-refractivity contribution in [2.24, 2.45) is 7.05 Å². The highest BCUT2D eigenvalue weighted by atomic mass is 16.2. The van der Waals surface area contributed by atoms with E-state index < -0.39 is 0 Å². The lowest BCUT2D eigenvalue weighted by molar-refractivity contribution is -0.132. The van der Waals surface area contributed by atoms with Gasteiger partial charge in [-0.25, -0.2) is 0 Å². The molecule has 0 aromatic carbocycles. The number of aromatic nitrogens is 3. The fourth-order valence-electron chi connectivity index (χ4n) is 2.20. The lowest BCUT2D eigenvalue weighted by atomic mass is 10.1. The largest absolute Gasteiger partial charge is 0.344 e. The highest BCUT2D eigenvalue weighted by Crippen LogP contribution is 2.14. The lowest BCUT2D eigenvalue weighted by Gasteiger charge is -2.23. The third kappa shape index (κ3) is 3.88. The Bertz CT molecular complexity index is 581. The second-order valence-corrected chi connectivity index (χ2v) is 5.03. The van der Waals surface area contributed by atoms with E-state index in [9.17, 15) is 4.79 Å². The molecule has 2 rings (SSSR count). The summed E-state index contributed by atoms with van der Waals surface area (Å²) < 4.78 is 1.70. The van der Waals surface area contributed by atoms with Gasteiger partial charge in [-0.2, -0.15) is 5.10 Å². The fraction of sp³-hybridized carbons (Fsp3) is 0.400. The van der Waals surface area contributed by atoms with E-state index in [1.54, 1.807) is 35.2 Å². The summed E-state index contributed by atoms with van der Waals surface area (Å²) in [5.74, 6) is 0.0413. The van der Waals surface area contributed by atoms with Crippen molar-refractivity contribution in [1.82, 2.24) is 25.0 Å². The van der Waals surface area contributed by atoms with Crippen molar-refractivity contribution in [1.29, 1.82) is 0 Å². The van der Waals surface area contributed by atoms with E-state index in [2.05, 4.69) is 15.4 Å². The Morgan fingerprint density at radius 1 is 1.43 bits per heavy atom. The number of carbonyl (C=O) groups excluding carboxylic acids is 1. The van der Waals surface area contributed by atoms with Crippen LogP contribution in [0.1, 0.15) is 17.2 Å². The number of rotatable bonds is 6. The van der Waals surface area contributed by atoms with Gasteiger partial charge < -0.3 is 10.2 Å². The molecule has 1 unspecified atom stereocenters. The average molecular weight is 287 g/mol. The molecule has 112 valence electrons. The molecule has 0 fully saturated rings. The van der Waals surface area contributed by atoms with Gasteiger partial charge in [-0.15, -0.1) is 0 Å². The Labute approximate surface area is 124 Å². The molecule has 2 heterocycles. The minimum Gasteiger partial charge on any atom is -0.344 e. The van der Waals surface area contributed by atoms with Crippen LogP contribution in [0.4, 0.5) is 0 Å². The second kappa shape index (κ2) is 6.99. The molecule has 0 saturated carbocycles. The van der Waals surface area contributed by atoms with Gasteiger partial charge in [0.05, 0.1) is 6.20 Å². The first kappa shape index (κ1) is 15.2. The Hall–Kier alpha value is -2.21. The van der Waals surface area contributed by atoms with Gasteiger partial charge >= 0.3 is 0 Å². The third-order valence-corrected chi connectivity index (χ3v) is 3.46. The van der Waals surface area contributed by atoms with Gasteiger partial charge in [0.1, 0.15) is 6.04 Å². The number of nitrogens with zero attached hydrogens (tertiary/aromatic N) is 4. The lowest BCUT2D eigenvalue weighted by Crippen LogP contribution is -2.38. The van der Waals surface area contributed by atoms with Gasteiger partial charge in [-0.1, -0.05) is 0 Å². The van der Waals surface area contributed by atoms with Gasteiger partial charge in [-0.05, 0) is 31.2 Å². The molecule has 1 atom stereocenters. The maximum atomic E-state index is 12.5. The minimum absolute atomic E-state index is 0.0413. The van der Waals surface area contributed by atoms with Crippen LogP contribution in [0, 0.1) is 0 Å². The molecule has 0 bridgehead atoms. The predicted molar refractivity (Wildman–Crippen MR) is 80.6 cm³/mol. The summed E-state index contributed by atoms with van der Waals surface area (Å²) in [6, 6.07) is 3.57. The summed E-state index contributed by atoms with van der Waals surface area (Å²) in [5.41, 5.74) is 2.05. The monoisotopic (exact) mass is 287 g/mol. The van der Waals surface area contributed by atoms with Crippen LogP contribution in [0.5, 0.6) is 0 Å². The summed E-state index contributed by atoms with van der Waals surface area (Å²) in [6.07, 6.45) is 7.92. The van der Waals surface area contributed by atoms with Crippen LogP contribution >= 0.6 is 0 Å². The van der Waals surface area contributed by atoms with Gasteiger partial charge in [0.2, 0.25) is 5.91 Å². The number of amides is 1. The topological polar surface area (TPSA) is 63.1 Å². The van der Waals surface area contributed by atoms with Crippen LogP contribution < -0.4 is 5.32 Å². The Balaban J connectivity index is 1.97. The summed E-state index contributed by atoms with van der Waals surface area (Å²) in [5, 5.41) is 7.18. The number of carbonyl (C=O) groups is 1. The molecule has 0 radical (unpaired) electrons. The summed E-state index contributed by atoms with van der Waals surface area (Å²) in [7, 11) is 5.45. The van der Waals surface area contributed by atoms with E-state index in [1.165, 1.54) is 5.56 Å². The zero-order valence-corrected chi connectivity index (χ0v) is 12.7. The zero-order chi connectivity index (χ0) is 15.2. The van der Waals surface area contributed by atoms with Crippen molar-refractivity contribution in [3.63, 3.8) is 0 Å². The predicted octanol–water partition coefficient (Wildman–Crippen LogP) is 0.777. The molecule has 2 aromatic heterocycles. The van der Waals surface area contributed by atoms with Gasteiger partial charge in [0, 0.05) is 44.8 Å². The van der Waals surface area contributed by atoms with E-state index in [0.29, 0.717) is 6.54 Å². The van der Waals surface area contributed by atoms with Crippen LogP contribution in [0.2, 0.25) is 0 Å². The van der Waals surface area contributed by atoms with E-state index >= 15 is 0 Å². The van der Waals surface area contributed by atoms with Crippen molar-refractivity contribution in [2.75, 3.05) is 20.6 Å². The van der Waals surface area contributed by atoms with Gasteiger partial charge in [0.25, 0.3) is 0 Å². The zero-order valence-electron chi connectivity index (χ0n) is 12.7. The molecule has 21 heavy (non-hydrogen) atoms. The summed E-state index contributed by atoms with van der Waals surface area (Å²) >= 11 is 0. The van der Waals surface area contributed by atoms with Crippen molar-refractivity contribution >= 4 is 5.91 Å². The van der Waals surface area contributed by atoms with Crippen LogP contribution in [-0.4, -0.2) is 46.2 Å². The van der Waals surface area contributed by atoms with Crippen molar-refractivity contribution in [3.8, 4) is 0 Å². The first-order chi connectivity index (χ1) is 10.1. The number of pyridine rings is 1. The van der Waals surface area contributed by atoms with Crippen molar-refractivity contribution in [3.05, 3.63) is 48.0 Å². The van der Waals surface area contributed by atoms with E-state index in [1.807, 2.05) is 32.4 Å². The highest BCUT2D eigenvalue weighted by Gasteiger charge is 2.23. The third-order valence-electron chi connectivity index (χ3n) is 3.46. The SMILES string of the molecule is CNC(C(=O)N(C)CCc1ccncc1)c1cnn(C)c1. The smallest absolute Gasteiger partial charge is 0.244 e. The van der Waals surface area contributed by atoms with Crippen molar-refractivity contribution < 1.29 is 4.79 Å². The second-order valence-electron chi connectivity index (χ2n) is 5.03. The average Bonchev–Trinajstić information content (AvgIpc) is 2.92. The molecular weight excluding hydrogens is 266 g/mol. The molecule has 0 saturated heterocycles. The van der Waals surface area contributed by atoms with E-state index in [0.717, 1.165) is 12.0 Å². The fourth-order valence-corrected chi connectivity index (χ4v) is 2.20. The number of aryl methyl sites for hydroxylation is 1. The van der Waals surface area contributed by atoms with Crippen LogP contribution in [0.25, 0.3) is 0 Å². The normalized spacial score (nSPS) is 12.1. The standard InChI is InChI=1S/C15H21N5O/c1-16-14(13-10-18-20(3)11-13)15(21)19(2)9-6-12-4-7-17-8-5-12/h4-5,7-8,10-11,14,16H,6,9H2,1-3H3. The van der Waals surface area contributed by atoms with E-state index in [-0.39, 0.29) is 11.9 Å². The van der Waals surface area contributed by atoms with E-state index in [4.69, 9.17) is 0 Å². The molecule has 6 heteroatoms. The highest BCUT2D eigenvalue weighted by molar-refractivity contribution is 5.82. The maximum absolute atomic E-state index is 12.5. The molecule has 0 aliphatic heterocycles. The molecule has 6 nitrogen and oxygen atoms in total.